The molecule has 0 saturated carbocycles. The van der Waals surface area contributed by atoms with E-state index in [2.05, 4.69) is 11.6 Å². The van der Waals surface area contributed by atoms with Gasteiger partial charge in [0.2, 0.25) is 0 Å². The van der Waals surface area contributed by atoms with Crippen molar-refractivity contribution in [3.63, 3.8) is 0 Å². The second-order valence-electron chi connectivity index (χ2n) is 7.61. The number of hydrogen-bond acceptors (Lipinski definition) is 8. The minimum atomic E-state index is -0.473. The molecule has 4 N–H and O–H groups in total. The van der Waals surface area contributed by atoms with Crippen LogP contribution in [0.5, 0.6) is 0 Å². The summed E-state index contributed by atoms with van der Waals surface area (Å²) in [6, 6.07) is 0. The number of halogens is 1. The molecule has 2 heterocycles. The molecule has 0 aliphatic carbocycles. The van der Waals surface area contributed by atoms with Crippen molar-refractivity contribution in [3.05, 3.63) is 0 Å². The summed E-state index contributed by atoms with van der Waals surface area (Å²) in [6.07, 6.45) is 3.24. The SMILES string of the molecule is CO.CSC[C@H]1CN(C(=O)OC(C)(C)C)C[C@H]1O.CSC[C@H]1CNC[C@H]1O.Cl. The Morgan fingerprint density at radius 3 is 2.00 bits per heavy atom. The van der Waals surface area contributed by atoms with Gasteiger partial charge < -0.3 is 30.3 Å². The number of rotatable bonds is 4. The van der Waals surface area contributed by atoms with E-state index >= 15 is 0 Å². The van der Waals surface area contributed by atoms with Gasteiger partial charge in [0, 0.05) is 44.3 Å². The topological polar surface area (TPSA) is 102 Å². The van der Waals surface area contributed by atoms with Gasteiger partial charge in [0.1, 0.15) is 5.60 Å². The lowest BCUT2D eigenvalue weighted by atomic mass is 10.1. The third-order valence-corrected chi connectivity index (χ3v) is 5.65. The first kappa shape index (κ1) is 30.3. The molecule has 0 unspecified atom stereocenters. The normalized spacial score (nSPS) is 26.4. The van der Waals surface area contributed by atoms with E-state index in [1.807, 2.05) is 27.0 Å². The number of β-amino-alcohol motifs (C(OH)–C–C–N with tert-alkyl or cyclic N) is 2. The van der Waals surface area contributed by atoms with E-state index in [0.717, 1.165) is 31.7 Å². The summed E-state index contributed by atoms with van der Waals surface area (Å²) < 4.78 is 5.27. The second-order valence-corrected chi connectivity index (χ2v) is 9.43. The average molecular weight is 463 g/mol. The van der Waals surface area contributed by atoms with Gasteiger partial charge in [-0.1, -0.05) is 0 Å². The lowest BCUT2D eigenvalue weighted by Gasteiger charge is -2.24. The van der Waals surface area contributed by atoms with E-state index in [-0.39, 0.29) is 30.5 Å². The molecule has 0 spiro atoms. The molecule has 0 aromatic rings. The summed E-state index contributed by atoms with van der Waals surface area (Å²) >= 11 is 3.49. The van der Waals surface area contributed by atoms with Crippen LogP contribution >= 0.6 is 35.9 Å². The fourth-order valence-corrected chi connectivity index (χ4v) is 4.33. The van der Waals surface area contributed by atoms with Gasteiger partial charge >= 0.3 is 6.09 Å². The zero-order chi connectivity index (χ0) is 21.0. The fourth-order valence-electron chi connectivity index (χ4n) is 2.81. The highest BCUT2D eigenvalue weighted by Crippen LogP contribution is 2.22. The molecule has 2 aliphatic rings. The van der Waals surface area contributed by atoms with Gasteiger partial charge in [-0.05, 0) is 39.0 Å². The number of aliphatic hydroxyl groups is 3. The molecule has 10 heteroatoms. The summed E-state index contributed by atoms with van der Waals surface area (Å²) in [7, 11) is 1.00. The summed E-state index contributed by atoms with van der Waals surface area (Å²) in [4.78, 5) is 13.3. The van der Waals surface area contributed by atoms with Gasteiger partial charge in [0.05, 0.1) is 18.8 Å². The summed E-state index contributed by atoms with van der Waals surface area (Å²) in [5.41, 5.74) is -0.473. The number of thioether (sulfide) groups is 2. The maximum absolute atomic E-state index is 11.7. The Labute approximate surface area is 184 Å². The smallest absolute Gasteiger partial charge is 0.410 e. The first-order valence-electron chi connectivity index (χ1n) is 9.15. The molecule has 28 heavy (non-hydrogen) atoms. The van der Waals surface area contributed by atoms with E-state index in [1.54, 1.807) is 28.4 Å². The zero-order valence-corrected chi connectivity index (χ0v) is 20.3. The summed E-state index contributed by atoms with van der Waals surface area (Å²) in [5, 5.41) is 29.2. The molecular weight excluding hydrogens is 424 g/mol. The molecule has 1 amide bonds. The Hall–Kier alpha value is 0.1000. The highest BCUT2D eigenvalue weighted by atomic mass is 35.5. The Morgan fingerprint density at radius 2 is 1.57 bits per heavy atom. The molecule has 2 saturated heterocycles. The standard InChI is InChI=1S/C11H21NO3S.C6H13NOS.CH4O.ClH/c1-11(2,3)15-10(14)12-5-8(7-16-4)9(13)6-12;1-9-4-5-2-7-3-6(5)8;1-2;/h8-9,13H,5-7H2,1-4H3;5-8H,2-4H2,1H3;2H,1H3;1H/t8-,9-;5-,6-;;/m11../s1. The van der Waals surface area contributed by atoms with E-state index in [4.69, 9.17) is 9.84 Å². The first-order valence-corrected chi connectivity index (χ1v) is 11.9. The van der Waals surface area contributed by atoms with Crippen molar-refractivity contribution in [3.8, 4) is 0 Å². The molecule has 4 atom stereocenters. The molecule has 0 bridgehead atoms. The molecule has 2 rings (SSSR count). The van der Waals surface area contributed by atoms with Crippen LogP contribution in [0.3, 0.4) is 0 Å². The van der Waals surface area contributed by atoms with Crippen molar-refractivity contribution < 1.29 is 24.9 Å². The molecule has 2 fully saturated rings. The van der Waals surface area contributed by atoms with Gasteiger partial charge in [-0.25, -0.2) is 4.79 Å². The number of ether oxygens (including phenoxy) is 1. The Kier molecular flexibility index (Phi) is 17.2. The third kappa shape index (κ3) is 11.9. The Bertz CT molecular complexity index is 416. The zero-order valence-electron chi connectivity index (χ0n) is 17.9. The lowest BCUT2D eigenvalue weighted by Crippen LogP contribution is -2.35. The van der Waals surface area contributed by atoms with Gasteiger partial charge in [-0.2, -0.15) is 23.5 Å². The number of nitrogens with zero attached hydrogens (tertiary/aromatic N) is 1. The monoisotopic (exact) mass is 462 g/mol. The predicted molar refractivity (Wildman–Crippen MR) is 122 cm³/mol. The highest BCUT2D eigenvalue weighted by molar-refractivity contribution is 7.98. The van der Waals surface area contributed by atoms with E-state index in [9.17, 15) is 15.0 Å². The number of hydrogen-bond donors (Lipinski definition) is 4. The average Bonchev–Trinajstić information content (AvgIpc) is 3.16. The summed E-state index contributed by atoms with van der Waals surface area (Å²) in [5.74, 6) is 2.61. The van der Waals surface area contributed by atoms with Gasteiger partial charge in [-0.3, -0.25) is 0 Å². The van der Waals surface area contributed by atoms with Crippen molar-refractivity contribution in [2.24, 2.45) is 11.8 Å². The molecular formula is C18H39ClN2O5S2. The largest absolute Gasteiger partial charge is 0.444 e. The minimum Gasteiger partial charge on any atom is -0.444 e. The maximum Gasteiger partial charge on any atom is 0.410 e. The second kappa shape index (κ2) is 15.9. The van der Waals surface area contributed by atoms with Gasteiger partial charge in [0.25, 0.3) is 0 Å². The van der Waals surface area contributed by atoms with Gasteiger partial charge in [0.15, 0.2) is 0 Å². The molecule has 0 aromatic heterocycles. The number of nitrogens with one attached hydrogen (secondary N) is 1. The highest BCUT2D eigenvalue weighted by Gasteiger charge is 2.35. The van der Waals surface area contributed by atoms with Crippen LogP contribution < -0.4 is 5.32 Å². The van der Waals surface area contributed by atoms with E-state index in [1.165, 1.54) is 0 Å². The number of carbonyl (C=O) groups excluding carboxylic acids is 1. The van der Waals surface area contributed by atoms with Crippen LogP contribution in [0.25, 0.3) is 0 Å². The van der Waals surface area contributed by atoms with Crippen molar-refractivity contribution >= 4 is 42.0 Å². The quantitative estimate of drug-likeness (QED) is 0.499. The molecule has 2 aliphatic heterocycles. The number of carbonyl (C=O) groups is 1. The van der Waals surface area contributed by atoms with E-state index < -0.39 is 11.7 Å². The molecule has 7 nitrogen and oxygen atoms in total. The van der Waals surface area contributed by atoms with E-state index in [0.29, 0.717) is 19.0 Å². The van der Waals surface area contributed by atoms with Gasteiger partial charge in [-0.15, -0.1) is 12.4 Å². The third-order valence-electron chi connectivity index (χ3n) is 4.12. The van der Waals surface area contributed by atoms with Crippen LogP contribution in [0.4, 0.5) is 4.79 Å². The first-order chi connectivity index (χ1) is 12.7. The lowest BCUT2D eigenvalue weighted by molar-refractivity contribution is 0.0270. The van der Waals surface area contributed by atoms with Crippen LogP contribution in [0, 0.1) is 11.8 Å². The molecule has 170 valence electrons. The summed E-state index contributed by atoms with van der Waals surface area (Å²) in [6.45, 7) is 8.29. The molecule has 0 aromatic carbocycles. The maximum atomic E-state index is 11.7. The van der Waals surface area contributed by atoms with Crippen molar-refractivity contribution in [2.45, 2.75) is 38.6 Å². The van der Waals surface area contributed by atoms with Crippen molar-refractivity contribution in [2.75, 3.05) is 57.3 Å². The van der Waals surface area contributed by atoms with Crippen LogP contribution in [0.2, 0.25) is 0 Å². The minimum absolute atomic E-state index is 0. The van der Waals surface area contributed by atoms with Crippen LogP contribution in [0.15, 0.2) is 0 Å². The number of likely N-dealkylation sites (tertiary alicyclic amines) is 1. The van der Waals surface area contributed by atoms with Crippen LogP contribution in [-0.2, 0) is 4.74 Å². The Balaban J connectivity index is 0. The number of aliphatic hydroxyl groups excluding tert-OH is 3. The van der Waals surface area contributed by atoms with Crippen molar-refractivity contribution in [1.29, 1.82) is 0 Å². The number of amides is 1. The van der Waals surface area contributed by atoms with Crippen molar-refractivity contribution in [1.82, 2.24) is 10.2 Å². The van der Waals surface area contributed by atoms with Crippen LogP contribution in [0.1, 0.15) is 20.8 Å². The Morgan fingerprint density at radius 1 is 1.04 bits per heavy atom. The predicted octanol–water partition coefficient (Wildman–Crippen LogP) is 1.54. The fraction of sp³-hybridized carbons (Fsp3) is 0.944. The van der Waals surface area contributed by atoms with Crippen LogP contribution in [-0.4, -0.2) is 101 Å². The molecule has 0 radical (unpaired) electrons.